The molecule has 0 saturated heterocycles. The maximum Gasteiger partial charge on any atom is 0.232 e. The summed E-state index contributed by atoms with van der Waals surface area (Å²) in [5.41, 5.74) is 6.76. The first kappa shape index (κ1) is 13.8. The molecule has 0 saturated carbocycles. The summed E-state index contributed by atoms with van der Waals surface area (Å²) in [5.74, 6) is 0. The zero-order valence-electron chi connectivity index (χ0n) is 10.1. The van der Waals surface area contributed by atoms with Crippen molar-refractivity contribution in [3.63, 3.8) is 0 Å². The minimum Gasteiger partial charge on any atom is -0.397 e. The van der Waals surface area contributed by atoms with Crippen molar-refractivity contribution in [2.24, 2.45) is 0 Å². The van der Waals surface area contributed by atoms with Gasteiger partial charge in [0, 0.05) is 20.3 Å². The van der Waals surface area contributed by atoms with Crippen molar-refractivity contribution in [2.45, 2.75) is 6.42 Å². The summed E-state index contributed by atoms with van der Waals surface area (Å²) >= 11 is 0. The van der Waals surface area contributed by atoms with Crippen molar-refractivity contribution in [3.8, 4) is 0 Å². The molecule has 1 rings (SSSR count). The maximum atomic E-state index is 11.7. The predicted octanol–water partition coefficient (Wildman–Crippen LogP) is 1.07. The normalized spacial score (nSPS) is 11.4. The Kier molecular flexibility index (Phi) is 4.77. The van der Waals surface area contributed by atoms with Gasteiger partial charge >= 0.3 is 0 Å². The lowest BCUT2D eigenvalue weighted by molar-refractivity contribution is 0.197. The van der Waals surface area contributed by atoms with E-state index in [1.165, 1.54) is 10.6 Å². The highest BCUT2D eigenvalue weighted by Gasteiger charge is 2.18. The van der Waals surface area contributed by atoms with E-state index in [0.717, 1.165) is 0 Å². The van der Waals surface area contributed by atoms with Crippen molar-refractivity contribution in [1.29, 1.82) is 0 Å². The molecular formula is C11H18N2O3S. The van der Waals surface area contributed by atoms with Crippen LogP contribution in [0.2, 0.25) is 0 Å². The van der Waals surface area contributed by atoms with Gasteiger partial charge in [-0.25, -0.2) is 8.42 Å². The molecule has 0 aliphatic carbocycles. The van der Waals surface area contributed by atoms with E-state index < -0.39 is 10.0 Å². The first-order valence-corrected chi connectivity index (χ1v) is 7.13. The van der Waals surface area contributed by atoms with Gasteiger partial charge in [0.25, 0.3) is 0 Å². The van der Waals surface area contributed by atoms with Gasteiger partial charge < -0.3 is 10.5 Å². The second-order valence-electron chi connectivity index (χ2n) is 3.74. The largest absolute Gasteiger partial charge is 0.397 e. The van der Waals surface area contributed by atoms with Crippen LogP contribution in [0.4, 0.5) is 11.4 Å². The van der Waals surface area contributed by atoms with Gasteiger partial charge in [0.1, 0.15) is 0 Å². The summed E-state index contributed by atoms with van der Waals surface area (Å²) in [5, 5.41) is 0. The van der Waals surface area contributed by atoms with Gasteiger partial charge in [-0.05, 0) is 18.6 Å². The van der Waals surface area contributed by atoms with E-state index in [1.807, 2.05) is 0 Å². The molecule has 5 nitrogen and oxygen atoms in total. The van der Waals surface area contributed by atoms with E-state index in [1.54, 1.807) is 31.4 Å². The van der Waals surface area contributed by atoms with Crippen molar-refractivity contribution in [3.05, 3.63) is 24.3 Å². The smallest absolute Gasteiger partial charge is 0.232 e. The Labute approximate surface area is 102 Å². The SMILES string of the molecule is COCCCN(c1ccccc1N)S(C)(=O)=O. The van der Waals surface area contributed by atoms with Crippen LogP contribution in [0, 0.1) is 0 Å². The summed E-state index contributed by atoms with van der Waals surface area (Å²) < 4.78 is 29.6. The van der Waals surface area contributed by atoms with Crippen LogP contribution in [0.5, 0.6) is 0 Å². The number of benzene rings is 1. The zero-order valence-corrected chi connectivity index (χ0v) is 10.9. The van der Waals surface area contributed by atoms with Crippen molar-refractivity contribution < 1.29 is 13.2 Å². The highest BCUT2D eigenvalue weighted by molar-refractivity contribution is 7.92. The van der Waals surface area contributed by atoms with Gasteiger partial charge in [-0.3, -0.25) is 4.31 Å². The summed E-state index contributed by atoms with van der Waals surface area (Å²) in [4.78, 5) is 0. The van der Waals surface area contributed by atoms with Crippen LogP contribution in [0.1, 0.15) is 6.42 Å². The van der Waals surface area contributed by atoms with Crippen LogP contribution in [0.3, 0.4) is 0 Å². The van der Waals surface area contributed by atoms with E-state index >= 15 is 0 Å². The van der Waals surface area contributed by atoms with Gasteiger partial charge in [0.05, 0.1) is 17.6 Å². The summed E-state index contributed by atoms with van der Waals surface area (Å²) in [6.45, 7) is 0.875. The Morgan fingerprint density at radius 2 is 2.00 bits per heavy atom. The molecule has 96 valence electrons. The Morgan fingerprint density at radius 3 is 2.53 bits per heavy atom. The molecule has 0 unspecified atom stereocenters. The fraction of sp³-hybridized carbons (Fsp3) is 0.455. The van der Waals surface area contributed by atoms with Gasteiger partial charge in [0.15, 0.2) is 0 Å². The molecule has 0 bridgehead atoms. The maximum absolute atomic E-state index is 11.7. The molecule has 0 spiro atoms. The van der Waals surface area contributed by atoms with Crippen molar-refractivity contribution in [1.82, 2.24) is 0 Å². The molecular weight excluding hydrogens is 240 g/mol. The Morgan fingerprint density at radius 1 is 1.35 bits per heavy atom. The van der Waals surface area contributed by atoms with E-state index in [0.29, 0.717) is 30.9 Å². The average molecular weight is 258 g/mol. The summed E-state index contributed by atoms with van der Waals surface area (Å²) in [7, 11) is -1.74. The monoisotopic (exact) mass is 258 g/mol. The van der Waals surface area contributed by atoms with E-state index in [4.69, 9.17) is 10.5 Å². The average Bonchev–Trinajstić information content (AvgIpc) is 2.24. The highest BCUT2D eigenvalue weighted by atomic mass is 32.2. The number of nitrogens with zero attached hydrogens (tertiary/aromatic N) is 1. The van der Waals surface area contributed by atoms with Crippen LogP contribution < -0.4 is 10.0 Å². The molecule has 0 aromatic heterocycles. The molecule has 0 amide bonds. The molecule has 0 aliphatic rings. The minimum absolute atomic E-state index is 0.362. The molecule has 0 radical (unpaired) electrons. The fourth-order valence-corrected chi connectivity index (χ4v) is 2.52. The minimum atomic E-state index is -3.32. The molecule has 0 heterocycles. The van der Waals surface area contributed by atoms with Crippen LogP contribution >= 0.6 is 0 Å². The molecule has 6 heteroatoms. The molecule has 0 fully saturated rings. The number of rotatable bonds is 6. The van der Waals surface area contributed by atoms with Crippen LogP contribution in [0.25, 0.3) is 0 Å². The third-order valence-corrected chi connectivity index (χ3v) is 3.50. The third-order valence-electron chi connectivity index (χ3n) is 2.32. The topological polar surface area (TPSA) is 72.6 Å². The van der Waals surface area contributed by atoms with Gasteiger partial charge in [0.2, 0.25) is 10.0 Å². The number of anilines is 2. The summed E-state index contributed by atoms with van der Waals surface area (Å²) in [6, 6.07) is 6.92. The van der Waals surface area contributed by atoms with Gasteiger partial charge in [-0.15, -0.1) is 0 Å². The van der Waals surface area contributed by atoms with Gasteiger partial charge in [-0.1, -0.05) is 12.1 Å². The van der Waals surface area contributed by atoms with E-state index in [-0.39, 0.29) is 0 Å². The molecule has 1 aromatic carbocycles. The lowest BCUT2D eigenvalue weighted by Gasteiger charge is -2.23. The number of sulfonamides is 1. The fourth-order valence-electron chi connectivity index (χ4n) is 1.53. The lowest BCUT2D eigenvalue weighted by Crippen LogP contribution is -2.32. The number of hydrogen-bond donors (Lipinski definition) is 1. The molecule has 0 aliphatic heterocycles. The Hall–Kier alpha value is -1.27. The second kappa shape index (κ2) is 5.88. The summed E-state index contributed by atoms with van der Waals surface area (Å²) in [6.07, 6.45) is 1.80. The van der Waals surface area contributed by atoms with Crippen LogP contribution in [-0.2, 0) is 14.8 Å². The van der Waals surface area contributed by atoms with E-state index in [9.17, 15) is 8.42 Å². The second-order valence-corrected chi connectivity index (χ2v) is 5.65. The number of nitrogens with two attached hydrogens (primary N) is 1. The number of nitrogen functional groups attached to an aromatic ring is 1. The van der Waals surface area contributed by atoms with Crippen molar-refractivity contribution >= 4 is 21.4 Å². The van der Waals surface area contributed by atoms with Crippen LogP contribution in [0.15, 0.2) is 24.3 Å². The van der Waals surface area contributed by atoms with Crippen molar-refractivity contribution in [2.75, 3.05) is 36.6 Å². The number of hydrogen-bond acceptors (Lipinski definition) is 4. The first-order chi connectivity index (χ1) is 7.96. The standard InChI is InChI=1S/C11H18N2O3S/c1-16-9-5-8-13(17(2,14)15)11-7-4-3-6-10(11)12/h3-4,6-7H,5,8-9,12H2,1-2H3. The lowest BCUT2D eigenvalue weighted by atomic mass is 10.2. The molecule has 2 N–H and O–H groups in total. The molecule has 1 aromatic rings. The quantitative estimate of drug-likeness (QED) is 0.612. The van der Waals surface area contributed by atoms with Gasteiger partial charge in [-0.2, -0.15) is 0 Å². The third kappa shape index (κ3) is 3.90. The number of ether oxygens (including phenoxy) is 1. The predicted molar refractivity (Wildman–Crippen MR) is 69.5 cm³/mol. The van der Waals surface area contributed by atoms with Crippen LogP contribution in [-0.4, -0.2) is 34.9 Å². The molecule has 17 heavy (non-hydrogen) atoms. The number of methoxy groups -OCH3 is 1. The Balaban J connectivity index is 2.96. The molecule has 0 atom stereocenters. The highest BCUT2D eigenvalue weighted by Crippen LogP contribution is 2.24. The number of para-hydroxylation sites is 2. The Bertz CT molecular complexity index is 460. The van der Waals surface area contributed by atoms with E-state index in [2.05, 4.69) is 0 Å². The first-order valence-electron chi connectivity index (χ1n) is 5.28. The zero-order chi connectivity index (χ0) is 12.9.